The number of amides is 1. The van der Waals surface area contributed by atoms with Crippen LogP contribution in [0.4, 0.5) is 5.69 Å². The van der Waals surface area contributed by atoms with Crippen molar-refractivity contribution in [3.05, 3.63) is 11.4 Å². The van der Waals surface area contributed by atoms with Crippen LogP contribution < -0.4 is 11.1 Å². The molecule has 0 aliphatic carbocycles. The van der Waals surface area contributed by atoms with Gasteiger partial charge in [-0.2, -0.15) is 16.9 Å². The molecule has 0 aromatic carbocycles. The van der Waals surface area contributed by atoms with Crippen molar-refractivity contribution in [1.29, 1.82) is 0 Å². The van der Waals surface area contributed by atoms with E-state index in [0.717, 1.165) is 18.5 Å². The monoisotopic (exact) mass is 286 g/mol. The fourth-order valence-corrected chi connectivity index (χ4v) is 2.43. The second-order valence-electron chi connectivity index (χ2n) is 4.43. The van der Waals surface area contributed by atoms with Gasteiger partial charge in [0.25, 0.3) is 5.91 Å². The molecule has 6 nitrogen and oxygen atoms in total. The van der Waals surface area contributed by atoms with Gasteiger partial charge in [-0.25, -0.2) is 0 Å². The van der Waals surface area contributed by atoms with Crippen molar-refractivity contribution in [3.63, 3.8) is 0 Å². The van der Waals surface area contributed by atoms with Gasteiger partial charge in [-0.15, -0.1) is 0 Å². The quantitative estimate of drug-likeness (QED) is 0.593. The molecule has 1 aromatic rings. The Morgan fingerprint density at radius 3 is 2.84 bits per heavy atom. The lowest BCUT2D eigenvalue weighted by Gasteiger charge is -2.20. The Kier molecular flexibility index (Phi) is 6.17. The van der Waals surface area contributed by atoms with Gasteiger partial charge in [0.1, 0.15) is 0 Å². The first-order valence-corrected chi connectivity index (χ1v) is 7.61. The maximum atomic E-state index is 12.1. The van der Waals surface area contributed by atoms with Crippen molar-refractivity contribution in [2.24, 2.45) is 0 Å². The lowest BCUT2D eigenvalue weighted by Crippen LogP contribution is -2.41. The molecule has 1 heterocycles. The molecule has 7 heteroatoms. The zero-order valence-electron chi connectivity index (χ0n) is 11.6. The normalized spacial score (nSPS) is 14.1. The topological polar surface area (TPSA) is 104 Å². The second kappa shape index (κ2) is 7.40. The Balaban J connectivity index is 2.73. The van der Waals surface area contributed by atoms with E-state index in [4.69, 9.17) is 5.73 Å². The molecule has 0 radical (unpaired) electrons. The van der Waals surface area contributed by atoms with Gasteiger partial charge in [0.05, 0.1) is 18.0 Å². The van der Waals surface area contributed by atoms with Crippen molar-refractivity contribution in [1.82, 2.24) is 15.5 Å². The summed E-state index contributed by atoms with van der Waals surface area (Å²) in [7, 11) is 0. The minimum absolute atomic E-state index is 0.0136. The maximum Gasteiger partial charge on any atom is 0.274 e. The van der Waals surface area contributed by atoms with Crippen LogP contribution in [0.25, 0.3) is 0 Å². The Morgan fingerprint density at radius 2 is 2.32 bits per heavy atom. The van der Waals surface area contributed by atoms with Crippen LogP contribution in [-0.4, -0.2) is 45.4 Å². The Bertz CT molecular complexity index is 418. The van der Waals surface area contributed by atoms with Gasteiger partial charge in [-0.05, 0) is 19.6 Å². The molecule has 19 heavy (non-hydrogen) atoms. The number of nitrogen functional groups attached to an aromatic ring is 1. The van der Waals surface area contributed by atoms with Crippen LogP contribution in [0.5, 0.6) is 0 Å². The SMILES string of the molecule is CCCc1[nH]nc(C(=O)NC(C)C(CO)SC)c1N. The number of carbonyl (C=O) groups excluding carboxylic acids is 1. The van der Waals surface area contributed by atoms with E-state index < -0.39 is 0 Å². The molecule has 0 bridgehead atoms. The molecule has 2 unspecified atom stereocenters. The van der Waals surface area contributed by atoms with Crippen LogP contribution >= 0.6 is 11.8 Å². The van der Waals surface area contributed by atoms with Crippen molar-refractivity contribution in [2.45, 2.75) is 38.0 Å². The Morgan fingerprint density at radius 1 is 1.63 bits per heavy atom. The van der Waals surface area contributed by atoms with Gasteiger partial charge in [0.2, 0.25) is 0 Å². The van der Waals surface area contributed by atoms with E-state index in [2.05, 4.69) is 15.5 Å². The zero-order valence-corrected chi connectivity index (χ0v) is 12.4. The first-order chi connectivity index (χ1) is 9.04. The van der Waals surface area contributed by atoms with Gasteiger partial charge in [0.15, 0.2) is 5.69 Å². The molecule has 0 aliphatic rings. The predicted octanol–water partition coefficient (Wildman–Crippen LogP) is 0.787. The molecule has 1 amide bonds. The van der Waals surface area contributed by atoms with E-state index >= 15 is 0 Å². The van der Waals surface area contributed by atoms with Crippen molar-refractivity contribution >= 4 is 23.4 Å². The second-order valence-corrected chi connectivity index (χ2v) is 5.51. The summed E-state index contributed by atoms with van der Waals surface area (Å²) < 4.78 is 0. The summed E-state index contributed by atoms with van der Waals surface area (Å²) in [6, 6.07) is -0.154. The zero-order chi connectivity index (χ0) is 14.4. The highest BCUT2D eigenvalue weighted by Gasteiger charge is 2.22. The number of aryl methyl sites for hydroxylation is 1. The molecule has 2 atom stereocenters. The third kappa shape index (κ3) is 3.87. The van der Waals surface area contributed by atoms with E-state index in [1.54, 1.807) is 0 Å². The molecule has 0 aliphatic heterocycles. The third-order valence-corrected chi connectivity index (χ3v) is 4.16. The Hall–Kier alpha value is -1.21. The fourth-order valence-electron chi connectivity index (χ4n) is 1.81. The Labute approximate surface area is 117 Å². The third-order valence-electron chi connectivity index (χ3n) is 3.00. The highest BCUT2D eigenvalue weighted by Crippen LogP contribution is 2.16. The number of nitrogens with two attached hydrogens (primary N) is 1. The summed E-state index contributed by atoms with van der Waals surface area (Å²) in [6.07, 6.45) is 3.60. The molecule has 0 fully saturated rings. The minimum atomic E-state index is -0.309. The molecular weight excluding hydrogens is 264 g/mol. The first-order valence-electron chi connectivity index (χ1n) is 6.32. The molecule has 0 spiro atoms. The number of nitrogens with zero attached hydrogens (tertiary/aromatic N) is 1. The van der Waals surface area contributed by atoms with Gasteiger partial charge in [0, 0.05) is 11.3 Å². The summed E-state index contributed by atoms with van der Waals surface area (Å²) in [6.45, 7) is 3.90. The number of H-pyrrole nitrogens is 1. The molecule has 108 valence electrons. The number of aliphatic hydroxyl groups is 1. The van der Waals surface area contributed by atoms with E-state index in [1.165, 1.54) is 11.8 Å². The van der Waals surface area contributed by atoms with Crippen LogP contribution in [0, 0.1) is 0 Å². The first kappa shape index (κ1) is 15.8. The summed E-state index contributed by atoms with van der Waals surface area (Å²) >= 11 is 1.51. The van der Waals surface area contributed by atoms with Gasteiger partial charge >= 0.3 is 0 Å². The standard InChI is InChI=1S/C12H22N4O2S/c1-4-5-8-10(13)11(16-15-8)12(18)14-7(2)9(6-17)19-3/h7,9,17H,4-6,13H2,1-3H3,(H,14,18)(H,15,16). The van der Waals surface area contributed by atoms with Crippen molar-refractivity contribution in [2.75, 3.05) is 18.6 Å². The molecule has 0 saturated carbocycles. The van der Waals surface area contributed by atoms with Crippen LogP contribution in [0.2, 0.25) is 0 Å². The number of thioether (sulfide) groups is 1. The smallest absolute Gasteiger partial charge is 0.274 e. The number of aromatic amines is 1. The predicted molar refractivity (Wildman–Crippen MR) is 78.3 cm³/mol. The summed E-state index contributed by atoms with van der Waals surface area (Å²) in [5, 5.41) is 18.7. The average Bonchev–Trinajstić information content (AvgIpc) is 2.73. The number of aromatic nitrogens is 2. The lowest BCUT2D eigenvalue weighted by atomic mass is 10.2. The van der Waals surface area contributed by atoms with Crippen molar-refractivity contribution < 1.29 is 9.90 Å². The molecule has 0 saturated heterocycles. The number of hydrogen-bond donors (Lipinski definition) is 4. The van der Waals surface area contributed by atoms with Crippen molar-refractivity contribution in [3.8, 4) is 0 Å². The van der Waals surface area contributed by atoms with Gasteiger partial charge < -0.3 is 16.2 Å². The van der Waals surface area contributed by atoms with Crippen LogP contribution in [0.3, 0.4) is 0 Å². The summed E-state index contributed by atoms with van der Waals surface area (Å²) in [5.41, 5.74) is 7.34. The van der Waals surface area contributed by atoms with Gasteiger partial charge in [-0.3, -0.25) is 9.89 Å². The molecule has 1 aromatic heterocycles. The number of aliphatic hydroxyl groups excluding tert-OH is 1. The van der Waals surface area contributed by atoms with E-state index in [9.17, 15) is 9.90 Å². The number of hydrogen-bond acceptors (Lipinski definition) is 5. The van der Waals surface area contributed by atoms with Crippen LogP contribution in [0.15, 0.2) is 0 Å². The largest absolute Gasteiger partial charge is 0.395 e. The molecular formula is C12H22N4O2S. The number of carbonyl (C=O) groups is 1. The van der Waals surface area contributed by atoms with E-state index in [1.807, 2.05) is 20.1 Å². The van der Waals surface area contributed by atoms with Crippen LogP contribution in [-0.2, 0) is 6.42 Å². The van der Waals surface area contributed by atoms with E-state index in [-0.39, 0.29) is 29.5 Å². The highest BCUT2D eigenvalue weighted by molar-refractivity contribution is 7.99. The molecule has 1 rings (SSSR count). The lowest BCUT2D eigenvalue weighted by molar-refractivity contribution is 0.0932. The van der Waals surface area contributed by atoms with Crippen LogP contribution in [0.1, 0.15) is 36.5 Å². The average molecular weight is 286 g/mol. The maximum absolute atomic E-state index is 12.1. The summed E-state index contributed by atoms with van der Waals surface area (Å²) in [5.74, 6) is -0.309. The number of nitrogens with one attached hydrogen (secondary N) is 2. The molecule has 5 N–H and O–H groups in total. The van der Waals surface area contributed by atoms with E-state index in [0.29, 0.717) is 5.69 Å². The highest BCUT2D eigenvalue weighted by atomic mass is 32.2. The summed E-state index contributed by atoms with van der Waals surface area (Å²) in [4.78, 5) is 12.1. The fraction of sp³-hybridized carbons (Fsp3) is 0.667. The van der Waals surface area contributed by atoms with Gasteiger partial charge in [-0.1, -0.05) is 13.3 Å². The minimum Gasteiger partial charge on any atom is -0.395 e. The number of anilines is 1. The number of rotatable bonds is 7.